The Hall–Kier alpha value is -1.21. The summed E-state index contributed by atoms with van der Waals surface area (Å²) in [5.74, 6) is 0.897. The predicted octanol–water partition coefficient (Wildman–Crippen LogP) is 2.38. The average Bonchev–Trinajstić information content (AvgIpc) is 2.74. The van der Waals surface area contributed by atoms with Gasteiger partial charge in [-0.05, 0) is 42.6 Å². The third kappa shape index (κ3) is 2.93. The Bertz CT molecular complexity index is 605. The molecule has 6 nitrogen and oxygen atoms in total. The maximum Gasteiger partial charge on any atom is 0.165 e. The Morgan fingerprint density at radius 3 is 2.70 bits per heavy atom. The van der Waals surface area contributed by atoms with E-state index in [1.54, 1.807) is 0 Å². The highest BCUT2D eigenvalue weighted by Gasteiger charge is 2.22. The van der Waals surface area contributed by atoms with Crippen LogP contribution in [0.1, 0.15) is 27.7 Å². The molecule has 2 aromatic rings. The number of hydrogen-bond acceptors (Lipinski definition) is 5. The van der Waals surface area contributed by atoms with E-state index in [0.29, 0.717) is 6.54 Å². The Balaban J connectivity index is 2.45. The third-order valence-corrected chi connectivity index (χ3v) is 3.54. The van der Waals surface area contributed by atoms with E-state index in [4.69, 9.17) is 5.11 Å². The quantitative estimate of drug-likeness (QED) is 0.892. The molecule has 7 heteroatoms. The summed E-state index contributed by atoms with van der Waals surface area (Å²) in [6.45, 7) is 9.00. The van der Waals surface area contributed by atoms with Gasteiger partial charge < -0.3 is 10.4 Å². The monoisotopic (exact) mass is 341 g/mol. The number of nitrogens with one attached hydrogen (secondary N) is 1. The number of aromatic nitrogens is 4. The number of hydrogen-bond donors (Lipinski definition) is 2. The molecule has 0 amide bonds. The lowest BCUT2D eigenvalue weighted by Crippen LogP contribution is -2.23. The van der Waals surface area contributed by atoms with E-state index in [2.05, 4.69) is 57.1 Å². The summed E-state index contributed by atoms with van der Waals surface area (Å²) in [4.78, 5) is 8.63. The summed E-state index contributed by atoms with van der Waals surface area (Å²) in [6.07, 6.45) is 1.53. The first kappa shape index (κ1) is 15.2. The Morgan fingerprint density at radius 1 is 1.40 bits per heavy atom. The number of fused-ring (bicyclic) bond motifs is 1. The number of anilines is 1. The second-order valence-electron chi connectivity index (χ2n) is 5.96. The van der Waals surface area contributed by atoms with Crippen LogP contribution in [-0.2, 0) is 5.54 Å². The van der Waals surface area contributed by atoms with Gasteiger partial charge >= 0.3 is 0 Å². The number of halogens is 1. The summed E-state index contributed by atoms with van der Waals surface area (Å²) in [7, 11) is 0. The molecule has 0 spiro atoms. The van der Waals surface area contributed by atoms with Gasteiger partial charge in [-0.3, -0.25) is 0 Å². The zero-order valence-corrected chi connectivity index (χ0v) is 13.8. The molecular formula is C13H20BrN5O. The van der Waals surface area contributed by atoms with E-state index in [-0.39, 0.29) is 18.1 Å². The largest absolute Gasteiger partial charge is 0.396 e. The van der Waals surface area contributed by atoms with Crippen molar-refractivity contribution in [3.8, 4) is 0 Å². The first-order valence-corrected chi connectivity index (χ1v) is 7.38. The Morgan fingerprint density at radius 2 is 2.10 bits per heavy atom. The zero-order valence-electron chi connectivity index (χ0n) is 12.2. The van der Waals surface area contributed by atoms with E-state index < -0.39 is 0 Å². The molecule has 2 rings (SSSR count). The molecule has 0 radical (unpaired) electrons. The van der Waals surface area contributed by atoms with Gasteiger partial charge in [0.1, 0.15) is 16.7 Å². The van der Waals surface area contributed by atoms with Crippen LogP contribution >= 0.6 is 15.9 Å². The fraction of sp³-hybridized carbons (Fsp3) is 0.615. The van der Waals surface area contributed by atoms with Gasteiger partial charge in [0, 0.05) is 13.2 Å². The predicted molar refractivity (Wildman–Crippen MR) is 82.8 cm³/mol. The number of aliphatic hydroxyl groups is 1. The van der Waals surface area contributed by atoms with Crippen molar-refractivity contribution in [2.45, 2.75) is 33.2 Å². The highest BCUT2D eigenvalue weighted by atomic mass is 79.9. The number of rotatable bonds is 4. The maximum absolute atomic E-state index is 9.09. The van der Waals surface area contributed by atoms with Crippen LogP contribution in [0.15, 0.2) is 10.9 Å². The van der Waals surface area contributed by atoms with Crippen LogP contribution in [0.25, 0.3) is 11.0 Å². The molecule has 0 aliphatic carbocycles. The molecule has 110 valence electrons. The van der Waals surface area contributed by atoms with E-state index in [9.17, 15) is 0 Å². The van der Waals surface area contributed by atoms with Crippen molar-refractivity contribution >= 4 is 32.8 Å². The second kappa shape index (κ2) is 5.65. The number of nitrogens with zero attached hydrogens (tertiary/aromatic N) is 4. The summed E-state index contributed by atoms with van der Waals surface area (Å²) >= 11 is 3.48. The van der Waals surface area contributed by atoms with Crippen molar-refractivity contribution in [2.24, 2.45) is 5.92 Å². The van der Waals surface area contributed by atoms with Crippen LogP contribution in [0.3, 0.4) is 0 Å². The van der Waals surface area contributed by atoms with Crippen LogP contribution in [0.2, 0.25) is 0 Å². The molecule has 0 saturated carbocycles. The van der Waals surface area contributed by atoms with Crippen LogP contribution in [0.5, 0.6) is 0 Å². The molecule has 2 heterocycles. The van der Waals surface area contributed by atoms with E-state index >= 15 is 0 Å². The van der Waals surface area contributed by atoms with E-state index in [1.807, 2.05) is 11.6 Å². The van der Waals surface area contributed by atoms with Crippen molar-refractivity contribution < 1.29 is 5.11 Å². The minimum atomic E-state index is -0.158. The lowest BCUT2D eigenvalue weighted by atomic mass is 10.1. The van der Waals surface area contributed by atoms with Crippen LogP contribution in [-0.4, -0.2) is 38.0 Å². The Kier molecular flexibility index (Phi) is 4.29. The molecule has 1 unspecified atom stereocenters. The molecular weight excluding hydrogens is 322 g/mol. The van der Waals surface area contributed by atoms with Crippen LogP contribution in [0.4, 0.5) is 5.82 Å². The maximum atomic E-state index is 9.09. The zero-order chi connectivity index (χ0) is 14.9. The topological polar surface area (TPSA) is 75.9 Å². The minimum Gasteiger partial charge on any atom is -0.396 e. The fourth-order valence-electron chi connectivity index (χ4n) is 1.85. The molecule has 0 aromatic carbocycles. The molecule has 20 heavy (non-hydrogen) atoms. The third-order valence-electron chi connectivity index (χ3n) is 2.99. The van der Waals surface area contributed by atoms with Gasteiger partial charge in [0.05, 0.1) is 10.9 Å². The van der Waals surface area contributed by atoms with Crippen molar-refractivity contribution in [3.05, 3.63) is 10.9 Å². The SMILES string of the molecule is CC(CO)CNc1ncnc2c1c(Br)nn2C(C)(C)C. The molecule has 0 bridgehead atoms. The second-order valence-corrected chi connectivity index (χ2v) is 6.71. The van der Waals surface area contributed by atoms with Gasteiger partial charge in [0.2, 0.25) is 0 Å². The minimum absolute atomic E-state index is 0.143. The molecule has 0 aliphatic rings. The van der Waals surface area contributed by atoms with Gasteiger partial charge in [-0.1, -0.05) is 6.92 Å². The van der Waals surface area contributed by atoms with Gasteiger partial charge in [0.25, 0.3) is 0 Å². The molecule has 0 aliphatic heterocycles. The molecule has 0 fully saturated rings. The van der Waals surface area contributed by atoms with Crippen LogP contribution in [0, 0.1) is 5.92 Å². The summed E-state index contributed by atoms with van der Waals surface area (Å²) in [6, 6.07) is 0. The van der Waals surface area contributed by atoms with Gasteiger partial charge in [-0.2, -0.15) is 5.10 Å². The fourth-order valence-corrected chi connectivity index (χ4v) is 2.37. The Labute approximate surface area is 126 Å². The van der Waals surface area contributed by atoms with Gasteiger partial charge in [-0.15, -0.1) is 0 Å². The number of aliphatic hydroxyl groups excluding tert-OH is 1. The molecule has 2 N–H and O–H groups in total. The highest BCUT2D eigenvalue weighted by molar-refractivity contribution is 9.10. The van der Waals surface area contributed by atoms with Crippen molar-refractivity contribution in [3.63, 3.8) is 0 Å². The normalized spacial score (nSPS) is 13.7. The highest BCUT2D eigenvalue weighted by Crippen LogP contribution is 2.30. The first-order chi connectivity index (χ1) is 9.34. The van der Waals surface area contributed by atoms with Crippen molar-refractivity contribution in [1.29, 1.82) is 0 Å². The van der Waals surface area contributed by atoms with Crippen molar-refractivity contribution in [2.75, 3.05) is 18.5 Å². The van der Waals surface area contributed by atoms with Crippen molar-refractivity contribution in [1.82, 2.24) is 19.7 Å². The summed E-state index contributed by atoms with van der Waals surface area (Å²) < 4.78 is 2.61. The van der Waals surface area contributed by atoms with Crippen LogP contribution < -0.4 is 5.32 Å². The van der Waals surface area contributed by atoms with Gasteiger partial charge in [-0.25, -0.2) is 14.6 Å². The smallest absolute Gasteiger partial charge is 0.165 e. The lowest BCUT2D eigenvalue weighted by molar-refractivity contribution is 0.244. The molecule has 0 saturated heterocycles. The summed E-state index contributed by atoms with van der Waals surface area (Å²) in [5.41, 5.74) is 0.632. The lowest BCUT2D eigenvalue weighted by Gasteiger charge is -2.19. The molecule has 1 atom stereocenters. The standard InChI is InChI=1S/C13H20BrN5O/c1-8(6-20)5-15-11-9-10(14)18-19(13(2,3)4)12(9)17-7-16-11/h7-8,20H,5-6H2,1-4H3,(H,15,16,17). The average molecular weight is 342 g/mol. The van der Waals surface area contributed by atoms with Gasteiger partial charge in [0.15, 0.2) is 5.65 Å². The first-order valence-electron chi connectivity index (χ1n) is 6.59. The summed E-state index contributed by atoms with van der Waals surface area (Å²) in [5, 5.41) is 17.7. The van der Waals surface area contributed by atoms with E-state index in [0.717, 1.165) is 21.5 Å². The molecule has 2 aromatic heterocycles. The van der Waals surface area contributed by atoms with E-state index in [1.165, 1.54) is 6.33 Å².